The molecule has 0 bridgehead atoms. The Balaban J connectivity index is 1.92. The van der Waals surface area contributed by atoms with E-state index in [4.69, 9.17) is 51.1 Å². The molecule has 1 aliphatic carbocycles. The van der Waals surface area contributed by atoms with Crippen LogP contribution in [0.5, 0.6) is 0 Å². The van der Waals surface area contributed by atoms with Gasteiger partial charge in [0.1, 0.15) is 17.2 Å². The highest BCUT2D eigenvalue weighted by atomic mass is 79.9. The quantitative estimate of drug-likeness (QED) is 0.312. The lowest BCUT2D eigenvalue weighted by Gasteiger charge is -2.19. The molecule has 1 heterocycles. The van der Waals surface area contributed by atoms with Crippen molar-refractivity contribution < 1.29 is 9.53 Å². The summed E-state index contributed by atoms with van der Waals surface area (Å²) in [6.45, 7) is -0.305. The Morgan fingerprint density at radius 2 is 1.92 bits per heavy atom. The number of aromatic nitrogens is 1. The highest BCUT2D eigenvalue weighted by Crippen LogP contribution is 2.61. The molecule has 0 radical (unpaired) electrons. The van der Waals surface area contributed by atoms with Gasteiger partial charge in [-0.3, -0.25) is 4.79 Å². The summed E-state index contributed by atoms with van der Waals surface area (Å²) in [5.74, 6) is -0.484. The maximum absolute atomic E-state index is 12.9. The van der Waals surface area contributed by atoms with Gasteiger partial charge in [0.15, 0.2) is 0 Å². The first kappa shape index (κ1) is 19.2. The van der Waals surface area contributed by atoms with E-state index in [-0.39, 0.29) is 12.5 Å². The van der Waals surface area contributed by atoms with E-state index in [1.54, 1.807) is 12.3 Å². The van der Waals surface area contributed by atoms with Gasteiger partial charge in [-0.05, 0) is 35.7 Å². The van der Waals surface area contributed by atoms with Crippen LogP contribution in [0.2, 0.25) is 5.15 Å². The number of alkyl halides is 3. The number of esters is 1. The standard InChI is InChI=1S/C17H12BrCl4NO2/c18-12-4-2-11(3-5-12)16(15(24)25-9-17(20,21)22)7-13(16)10-1-6-14(19)23-8-10/h1-6,8,13H,7,9H2/t13-,16-/m1/s1. The molecule has 132 valence electrons. The summed E-state index contributed by atoms with van der Waals surface area (Å²) in [4.78, 5) is 17.0. The minimum absolute atomic E-state index is 0.0682. The van der Waals surface area contributed by atoms with Crippen LogP contribution < -0.4 is 0 Å². The molecule has 1 aliphatic rings. The highest BCUT2D eigenvalue weighted by molar-refractivity contribution is 9.10. The molecule has 1 aromatic heterocycles. The van der Waals surface area contributed by atoms with Crippen molar-refractivity contribution in [3.8, 4) is 0 Å². The summed E-state index contributed by atoms with van der Waals surface area (Å²) in [6.07, 6.45) is 2.27. The lowest BCUT2D eigenvalue weighted by atomic mass is 9.91. The van der Waals surface area contributed by atoms with Gasteiger partial charge in [-0.25, -0.2) is 4.98 Å². The molecule has 0 saturated heterocycles. The number of carbonyl (C=O) groups is 1. The van der Waals surface area contributed by atoms with Crippen LogP contribution >= 0.6 is 62.3 Å². The molecule has 0 N–H and O–H groups in total. The van der Waals surface area contributed by atoms with Gasteiger partial charge >= 0.3 is 5.97 Å². The third-order valence-corrected chi connectivity index (χ3v) is 5.28. The Labute approximate surface area is 173 Å². The van der Waals surface area contributed by atoms with E-state index < -0.39 is 15.2 Å². The third kappa shape index (κ3) is 4.25. The number of halogens is 5. The SMILES string of the molecule is O=C(OCC(Cl)(Cl)Cl)[C@@]1(c2ccc(Br)cc2)C[C@@H]1c1ccc(Cl)nc1. The summed E-state index contributed by atoms with van der Waals surface area (Å²) in [7, 11) is 0. The average Bonchev–Trinajstić information content (AvgIpc) is 3.30. The molecule has 2 aromatic rings. The van der Waals surface area contributed by atoms with Crippen LogP contribution in [-0.4, -0.2) is 21.4 Å². The summed E-state index contributed by atoms with van der Waals surface area (Å²) in [5.41, 5.74) is 0.953. The largest absolute Gasteiger partial charge is 0.460 e. The number of rotatable bonds is 4. The molecule has 25 heavy (non-hydrogen) atoms. The van der Waals surface area contributed by atoms with Gasteiger partial charge in [-0.15, -0.1) is 0 Å². The van der Waals surface area contributed by atoms with Crippen molar-refractivity contribution in [2.75, 3.05) is 6.61 Å². The molecule has 1 aromatic carbocycles. The van der Waals surface area contributed by atoms with E-state index in [0.717, 1.165) is 15.6 Å². The summed E-state index contributed by atoms with van der Waals surface area (Å²) >= 11 is 26.4. The first-order chi connectivity index (χ1) is 11.7. The van der Waals surface area contributed by atoms with Crippen molar-refractivity contribution in [3.63, 3.8) is 0 Å². The van der Waals surface area contributed by atoms with Crippen LogP contribution in [0.15, 0.2) is 47.1 Å². The van der Waals surface area contributed by atoms with E-state index >= 15 is 0 Å². The molecule has 3 rings (SSSR count). The van der Waals surface area contributed by atoms with Gasteiger partial charge in [-0.1, -0.05) is 80.5 Å². The van der Waals surface area contributed by atoms with E-state index in [2.05, 4.69) is 20.9 Å². The molecule has 0 spiro atoms. The minimum Gasteiger partial charge on any atom is -0.460 e. The minimum atomic E-state index is -1.65. The van der Waals surface area contributed by atoms with Crippen molar-refractivity contribution in [1.29, 1.82) is 0 Å². The van der Waals surface area contributed by atoms with Gasteiger partial charge in [0, 0.05) is 16.6 Å². The summed E-state index contributed by atoms with van der Waals surface area (Å²) in [5, 5.41) is 0.400. The van der Waals surface area contributed by atoms with E-state index in [9.17, 15) is 4.79 Å². The number of carbonyl (C=O) groups excluding carboxylic acids is 1. The number of hydrogen-bond acceptors (Lipinski definition) is 3. The zero-order valence-electron chi connectivity index (χ0n) is 12.7. The summed E-state index contributed by atoms with van der Waals surface area (Å²) < 4.78 is 4.57. The van der Waals surface area contributed by atoms with Crippen LogP contribution in [0, 0.1) is 0 Å². The fourth-order valence-electron chi connectivity index (χ4n) is 2.94. The van der Waals surface area contributed by atoms with Crippen LogP contribution in [0.3, 0.4) is 0 Å². The smallest absolute Gasteiger partial charge is 0.317 e. The molecule has 1 fully saturated rings. The number of nitrogens with zero attached hydrogens (tertiary/aromatic N) is 1. The molecular formula is C17H12BrCl4NO2. The Morgan fingerprint density at radius 1 is 1.24 bits per heavy atom. The molecule has 0 unspecified atom stereocenters. The Bertz CT molecular complexity index is 777. The Morgan fingerprint density at radius 3 is 2.48 bits per heavy atom. The zero-order valence-corrected chi connectivity index (χ0v) is 17.3. The molecule has 0 aliphatic heterocycles. The van der Waals surface area contributed by atoms with Crippen LogP contribution in [0.4, 0.5) is 0 Å². The second-order valence-corrected chi connectivity index (χ2v) is 9.66. The normalized spacial score (nSPS) is 22.5. The van der Waals surface area contributed by atoms with Crippen molar-refractivity contribution in [3.05, 3.63) is 63.3 Å². The van der Waals surface area contributed by atoms with Crippen molar-refractivity contribution in [2.24, 2.45) is 0 Å². The lowest BCUT2D eigenvalue weighted by molar-refractivity contribution is -0.146. The zero-order chi connectivity index (χ0) is 18.2. The highest BCUT2D eigenvalue weighted by Gasteiger charge is 2.63. The van der Waals surface area contributed by atoms with Gasteiger partial charge in [0.25, 0.3) is 0 Å². The summed E-state index contributed by atoms with van der Waals surface area (Å²) in [6, 6.07) is 11.1. The first-order valence-corrected chi connectivity index (χ1v) is 9.64. The van der Waals surface area contributed by atoms with Crippen LogP contribution in [0.25, 0.3) is 0 Å². The predicted octanol–water partition coefficient (Wildman–Crippen LogP) is 5.84. The maximum Gasteiger partial charge on any atom is 0.317 e. The topological polar surface area (TPSA) is 39.2 Å². The van der Waals surface area contributed by atoms with E-state index in [1.807, 2.05) is 30.3 Å². The molecule has 2 atom stereocenters. The van der Waals surface area contributed by atoms with E-state index in [0.29, 0.717) is 11.6 Å². The van der Waals surface area contributed by atoms with Crippen molar-refractivity contribution >= 4 is 68.3 Å². The maximum atomic E-state index is 12.9. The van der Waals surface area contributed by atoms with Gasteiger partial charge < -0.3 is 4.74 Å². The van der Waals surface area contributed by atoms with Gasteiger partial charge in [0.05, 0.1) is 0 Å². The molecular weight excluding hydrogens is 472 g/mol. The number of benzene rings is 1. The lowest BCUT2D eigenvalue weighted by Crippen LogP contribution is -2.28. The monoisotopic (exact) mass is 481 g/mol. The van der Waals surface area contributed by atoms with Gasteiger partial charge in [0.2, 0.25) is 3.79 Å². The van der Waals surface area contributed by atoms with Crippen LogP contribution in [-0.2, 0) is 14.9 Å². The molecule has 0 amide bonds. The number of hydrogen-bond donors (Lipinski definition) is 0. The predicted molar refractivity (Wildman–Crippen MR) is 104 cm³/mol. The average molecular weight is 484 g/mol. The molecule has 1 saturated carbocycles. The third-order valence-electron chi connectivity index (χ3n) is 4.20. The fourth-order valence-corrected chi connectivity index (χ4v) is 3.48. The molecule has 8 heteroatoms. The second-order valence-electron chi connectivity index (χ2n) is 5.84. The fraction of sp³-hybridized carbons (Fsp3) is 0.294. The van der Waals surface area contributed by atoms with Gasteiger partial charge in [-0.2, -0.15) is 0 Å². The van der Waals surface area contributed by atoms with Crippen molar-refractivity contribution in [1.82, 2.24) is 4.98 Å². The Kier molecular flexibility index (Phi) is 5.57. The van der Waals surface area contributed by atoms with Crippen molar-refractivity contribution in [2.45, 2.75) is 21.5 Å². The second kappa shape index (κ2) is 7.24. The number of ether oxygens (including phenoxy) is 1. The number of pyridine rings is 1. The van der Waals surface area contributed by atoms with Crippen LogP contribution in [0.1, 0.15) is 23.5 Å². The van der Waals surface area contributed by atoms with E-state index in [1.165, 1.54) is 0 Å². The Hall–Kier alpha value is -0.520. The molecule has 3 nitrogen and oxygen atoms in total. The first-order valence-electron chi connectivity index (χ1n) is 7.34.